The van der Waals surface area contributed by atoms with E-state index in [2.05, 4.69) is 20.4 Å². The fraction of sp³-hybridized carbons (Fsp3) is 0.263. The van der Waals surface area contributed by atoms with Crippen LogP contribution in [0.4, 0.5) is 5.82 Å². The number of benzene rings is 1. The Morgan fingerprint density at radius 3 is 2.69 bits per heavy atom. The minimum atomic E-state index is -0.108. The molecule has 0 fully saturated rings. The fourth-order valence-electron chi connectivity index (χ4n) is 2.50. The van der Waals surface area contributed by atoms with Gasteiger partial charge in [0.1, 0.15) is 5.82 Å². The summed E-state index contributed by atoms with van der Waals surface area (Å²) in [6.07, 6.45) is 1.68. The van der Waals surface area contributed by atoms with Crippen molar-refractivity contribution in [2.24, 2.45) is 0 Å². The van der Waals surface area contributed by atoms with Crippen molar-refractivity contribution in [2.45, 2.75) is 32.0 Å². The summed E-state index contributed by atoms with van der Waals surface area (Å²) in [5, 5.41) is 7.70. The maximum Gasteiger partial charge on any atom is 0.235 e. The maximum atomic E-state index is 12.3. The van der Waals surface area contributed by atoms with Gasteiger partial charge in [-0.25, -0.2) is 14.6 Å². The van der Waals surface area contributed by atoms with E-state index < -0.39 is 0 Å². The molecule has 0 aliphatic carbocycles. The molecule has 1 aromatic carbocycles. The Morgan fingerprint density at radius 1 is 1.19 bits per heavy atom. The lowest BCUT2D eigenvalue weighted by Gasteiger charge is -2.11. The highest BCUT2D eigenvalue weighted by atomic mass is 32.2. The van der Waals surface area contributed by atoms with E-state index in [1.54, 1.807) is 16.9 Å². The van der Waals surface area contributed by atoms with E-state index >= 15 is 0 Å². The topological polar surface area (TPSA) is 72.7 Å². The Morgan fingerprint density at radius 2 is 1.96 bits per heavy atom. The third-order valence-corrected chi connectivity index (χ3v) is 4.51. The first-order chi connectivity index (χ1) is 12.5. The summed E-state index contributed by atoms with van der Waals surface area (Å²) in [5.41, 5.74) is 2.77. The summed E-state index contributed by atoms with van der Waals surface area (Å²) in [6, 6.07) is 13.9. The SMILES string of the molecule is Cc1cc(-c2ccccc2)nc(SCC(=O)Nc2ccnn2C(C)C)n1. The summed E-state index contributed by atoms with van der Waals surface area (Å²) in [6.45, 7) is 5.96. The van der Waals surface area contributed by atoms with Crippen molar-refractivity contribution >= 4 is 23.5 Å². The minimum absolute atomic E-state index is 0.108. The van der Waals surface area contributed by atoms with Crippen molar-refractivity contribution in [1.82, 2.24) is 19.7 Å². The smallest absolute Gasteiger partial charge is 0.235 e. The molecule has 0 radical (unpaired) electrons. The Labute approximate surface area is 157 Å². The van der Waals surface area contributed by atoms with Crippen LogP contribution in [-0.4, -0.2) is 31.4 Å². The van der Waals surface area contributed by atoms with Gasteiger partial charge < -0.3 is 5.32 Å². The molecule has 1 amide bonds. The minimum Gasteiger partial charge on any atom is -0.310 e. The first kappa shape index (κ1) is 18.1. The molecule has 0 saturated heterocycles. The van der Waals surface area contributed by atoms with E-state index in [9.17, 15) is 4.79 Å². The van der Waals surface area contributed by atoms with Crippen LogP contribution >= 0.6 is 11.8 Å². The van der Waals surface area contributed by atoms with Gasteiger partial charge in [0.2, 0.25) is 5.91 Å². The van der Waals surface area contributed by atoms with Crippen LogP contribution in [0.25, 0.3) is 11.3 Å². The number of thioether (sulfide) groups is 1. The largest absolute Gasteiger partial charge is 0.310 e. The standard InChI is InChI=1S/C19H21N5OS/c1-13(2)24-17(9-10-20-24)23-18(25)12-26-19-21-14(3)11-16(22-19)15-7-5-4-6-8-15/h4-11,13H,12H2,1-3H3,(H,23,25). The van der Waals surface area contributed by atoms with Crippen molar-refractivity contribution in [3.8, 4) is 11.3 Å². The molecule has 0 spiro atoms. The highest BCUT2D eigenvalue weighted by molar-refractivity contribution is 7.99. The third kappa shape index (κ3) is 4.49. The van der Waals surface area contributed by atoms with Crippen LogP contribution in [0.1, 0.15) is 25.6 Å². The number of hydrogen-bond acceptors (Lipinski definition) is 5. The van der Waals surface area contributed by atoms with Crippen LogP contribution in [0.2, 0.25) is 0 Å². The van der Waals surface area contributed by atoms with Crippen LogP contribution in [0.3, 0.4) is 0 Å². The lowest BCUT2D eigenvalue weighted by Crippen LogP contribution is -2.18. The van der Waals surface area contributed by atoms with E-state index in [4.69, 9.17) is 0 Å². The van der Waals surface area contributed by atoms with Gasteiger partial charge in [0.05, 0.1) is 17.6 Å². The number of rotatable bonds is 6. The molecule has 1 N–H and O–H groups in total. The number of nitrogens with one attached hydrogen (secondary N) is 1. The monoisotopic (exact) mass is 367 g/mol. The predicted octanol–water partition coefficient (Wildman–Crippen LogP) is 3.96. The summed E-state index contributed by atoms with van der Waals surface area (Å²) in [4.78, 5) is 21.3. The highest BCUT2D eigenvalue weighted by Gasteiger charge is 2.11. The van der Waals surface area contributed by atoms with E-state index in [0.29, 0.717) is 11.0 Å². The number of nitrogens with zero attached hydrogens (tertiary/aromatic N) is 4. The van der Waals surface area contributed by atoms with Crippen molar-refractivity contribution in [1.29, 1.82) is 0 Å². The summed E-state index contributed by atoms with van der Waals surface area (Å²) in [5.74, 6) is 0.825. The summed E-state index contributed by atoms with van der Waals surface area (Å²) >= 11 is 1.32. The van der Waals surface area contributed by atoms with Crippen LogP contribution in [0.15, 0.2) is 53.8 Å². The second-order valence-electron chi connectivity index (χ2n) is 6.13. The Balaban J connectivity index is 1.67. The number of aromatic nitrogens is 4. The Hall–Kier alpha value is -2.67. The fourth-order valence-corrected chi connectivity index (χ4v) is 3.20. The molecule has 2 aromatic heterocycles. The van der Waals surface area contributed by atoms with Gasteiger partial charge >= 0.3 is 0 Å². The van der Waals surface area contributed by atoms with Gasteiger partial charge in [-0.15, -0.1) is 0 Å². The zero-order valence-corrected chi connectivity index (χ0v) is 15.8. The van der Waals surface area contributed by atoms with Gasteiger partial charge in [-0.3, -0.25) is 4.79 Å². The van der Waals surface area contributed by atoms with Gasteiger partial charge in [0, 0.05) is 23.4 Å². The average Bonchev–Trinajstić information content (AvgIpc) is 3.09. The molecule has 2 heterocycles. The molecule has 0 aliphatic rings. The number of carbonyl (C=O) groups excluding carboxylic acids is 1. The van der Waals surface area contributed by atoms with Gasteiger partial charge in [-0.2, -0.15) is 5.10 Å². The summed E-state index contributed by atoms with van der Waals surface area (Å²) < 4.78 is 1.78. The van der Waals surface area contributed by atoms with Crippen LogP contribution < -0.4 is 5.32 Å². The summed E-state index contributed by atoms with van der Waals surface area (Å²) in [7, 11) is 0. The lowest BCUT2D eigenvalue weighted by atomic mass is 10.1. The second kappa shape index (κ2) is 8.14. The van der Waals surface area contributed by atoms with Crippen molar-refractivity contribution in [2.75, 3.05) is 11.1 Å². The molecule has 0 unspecified atom stereocenters. The first-order valence-corrected chi connectivity index (χ1v) is 9.39. The van der Waals surface area contributed by atoms with E-state index in [-0.39, 0.29) is 17.7 Å². The van der Waals surface area contributed by atoms with Crippen molar-refractivity contribution in [3.05, 3.63) is 54.4 Å². The Bertz CT molecular complexity index is 892. The lowest BCUT2D eigenvalue weighted by molar-refractivity contribution is -0.113. The second-order valence-corrected chi connectivity index (χ2v) is 7.08. The number of aryl methyl sites for hydroxylation is 1. The van der Waals surface area contributed by atoms with Gasteiger partial charge in [0.25, 0.3) is 0 Å². The van der Waals surface area contributed by atoms with E-state index in [1.807, 2.05) is 57.2 Å². The molecular weight excluding hydrogens is 346 g/mol. The quantitative estimate of drug-likeness (QED) is 0.527. The zero-order chi connectivity index (χ0) is 18.5. The molecule has 3 aromatic rings. The molecule has 0 atom stereocenters. The average molecular weight is 367 g/mol. The van der Waals surface area contributed by atoms with Crippen LogP contribution in [0, 0.1) is 6.92 Å². The molecular formula is C19H21N5OS. The molecule has 0 bridgehead atoms. The zero-order valence-electron chi connectivity index (χ0n) is 15.0. The van der Waals surface area contributed by atoms with Crippen molar-refractivity contribution in [3.63, 3.8) is 0 Å². The molecule has 0 aliphatic heterocycles. The van der Waals surface area contributed by atoms with Gasteiger partial charge in [-0.05, 0) is 26.8 Å². The normalized spacial score (nSPS) is 10.9. The number of hydrogen-bond donors (Lipinski definition) is 1. The van der Waals surface area contributed by atoms with Crippen LogP contribution in [-0.2, 0) is 4.79 Å². The van der Waals surface area contributed by atoms with E-state index in [1.165, 1.54) is 11.8 Å². The number of carbonyl (C=O) groups is 1. The molecule has 6 nitrogen and oxygen atoms in total. The molecule has 0 saturated carbocycles. The molecule has 3 rings (SSSR count). The molecule has 26 heavy (non-hydrogen) atoms. The van der Waals surface area contributed by atoms with Crippen molar-refractivity contribution < 1.29 is 4.79 Å². The predicted molar refractivity (Wildman–Crippen MR) is 104 cm³/mol. The molecule has 7 heteroatoms. The highest BCUT2D eigenvalue weighted by Crippen LogP contribution is 2.22. The number of anilines is 1. The van der Waals surface area contributed by atoms with Gasteiger partial charge in [-0.1, -0.05) is 42.1 Å². The first-order valence-electron chi connectivity index (χ1n) is 8.40. The third-order valence-electron chi connectivity index (χ3n) is 3.66. The van der Waals surface area contributed by atoms with E-state index in [0.717, 1.165) is 17.0 Å². The maximum absolute atomic E-state index is 12.3. The van der Waals surface area contributed by atoms with Gasteiger partial charge in [0.15, 0.2) is 5.16 Å². The Kier molecular flexibility index (Phi) is 5.68. The molecule has 134 valence electrons. The number of amides is 1. The van der Waals surface area contributed by atoms with Crippen LogP contribution in [0.5, 0.6) is 0 Å².